The van der Waals surface area contributed by atoms with E-state index in [2.05, 4.69) is 4.72 Å². The summed E-state index contributed by atoms with van der Waals surface area (Å²) in [5.74, 6) is 0. The predicted octanol–water partition coefficient (Wildman–Crippen LogP) is 2.01. The van der Waals surface area contributed by atoms with Gasteiger partial charge in [0.1, 0.15) is 4.21 Å². The van der Waals surface area contributed by atoms with E-state index in [-0.39, 0.29) is 23.3 Å². The molecule has 0 saturated heterocycles. The van der Waals surface area contributed by atoms with Gasteiger partial charge < -0.3 is 0 Å². The van der Waals surface area contributed by atoms with Crippen molar-refractivity contribution in [3.05, 3.63) is 17.5 Å². The summed E-state index contributed by atoms with van der Waals surface area (Å²) in [5.41, 5.74) is 0. The maximum absolute atomic E-state index is 12.1. The van der Waals surface area contributed by atoms with E-state index >= 15 is 0 Å². The van der Waals surface area contributed by atoms with Crippen LogP contribution in [0.4, 0.5) is 0 Å². The van der Waals surface area contributed by atoms with Crippen LogP contribution in [-0.4, -0.2) is 46.5 Å². The Hall–Kier alpha value is -0.480. The first-order chi connectivity index (χ1) is 10.8. The maximum atomic E-state index is 12.1. The molecule has 132 valence electrons. The average molecular weight is 381 g/mol. The van der Waals surface area contributed by atoms with Crippen molar-refractivity contribution in [1.29, 1.82) is 0 Å². The van der Waals surface area contributed by atoms with Gasteiger partial charge in [-0.05, 0) is 24.3 Å². The zero-order valence-electron chi connectivity index (χ0n) is 13.3. The summed E-state index contributed by atoms with van der Waals surface area (Å²) in [4.78, 5) is 0. The Morgan fingerprint density at radius 3 is 2.35 bits per heavy atom. The van der Waals surface area contributed by atoms with Crippen LogP contribution in [0.1, 0.15) is 38.5 Å². The number of nitrogens with zero attached hydrogens (tertiary/aromatic N) is 1. The molecule has 2 rings (SSSR count). The fourth-order valence-electron chi connectivity index (χ4n) is 2.94. The van der Waals surface area contributed by atoms with Gasteiger partial charge in [-0.25, -0.2) is 21.6 Å². The molecule has 1 aromatic heterocycles. The van der Waals surface area contributed by atoms with Crippen molar-refractivity contribution in [2.45, 2.75) is 48.8 Å². The van der Waals surface area contributed by atoms with Crippen LogP contribution < -0.4 is 4.72 Å². The molecule has 1 aliphatic rings. The summed E-state index contributed by atoms with van der Waals surface area (Å²) in [7, 11) is -6.90. The molecule has 1 saturated carbocycles. The number of rotatable bonds is 7. The minimum Gasteiger partial charge on any atom is -0.212 e. The van der Waals surface area contributed by atoms with Crippen molar-refractivity contribution in [2.75, 3.05) is 19.3 Å². The molecule has 6 nitrogen and oxygen atoms in total. The zero-order valence-corrected chi connectivity index (χ0v) is 15.7. The third kappa shape index (κ3) is 5.53. The summed E-state index contributed by atoms with van der Waals surface area (Å²) in [5, 5.41) is 1.70. The normalized spacial score (nSPS) is 18.2. The number of sulfonamides is 2. The second-order valence-electron chi connectivity index (χ2n) is 5.85. The van der Waals surface area contributed by atoms with Gasteiger partial charge in [0.15, 0.2) is 0 Å². The van der Waals surface area contributed by atoms with Crippen LogP contribution in [0.5, 0.6) is 0 Å². The third-order valence-corrected chi connectivity index (χ3v) is 8.23. The molecule has 0 unspecified atom stereocenters. The standard InChI is InChI=1S/C14H24N2O4S3/c1-22(17,18)16(13-7-4-2-3-5-8-13)11-10-15-23(19,20)14-9-6-12-21-14/h6,9,12-13,15H,2-5,7-8,10-11H2,1H3. The van der Waals surface area contributed by atoms with Crippen LogP contribution in [0.15, 0.2) is 21.7 Å². The van der Waals surface area contributed by atoms with E-state index < -0.39 is 20.0 Å². The Bertz CT molecular complexity index is 676. The topological polar surface area (TPSA) is 83.6 Å². The van der Waals surface area contributed by atoms with Gasteiger partial charge in [0.05, 0.1) is 6.26 Å². The van der Waals surface area contributed by atoms with Crippen molar-refractivity contribution in [2.24, 2.45) is 0 Å². The smallest absolute Gasteiger partial charge is 0.212 e. The van der Waals surface area contributed by atoms with Gasteiger partial charge in [0.25, 0.3) is 0 Å². The molecule has 0 aliphatic heterocycles. The molecule has 0 amide bonds. The van der Waals surface area contributed by atoms with Gasteiger partial charge in [-0.3, -0.25) is 0 Å². The number of hydrogen-bond acceptors (Lipinski definition) is 5. The van der Waals surface area contributed by atoms with Crippen molar-refractivity contribution in [3.8, 4) is 0 Å². The minimum atomic E-state index is -3.55. The van der Waals surface area contributed by atoms with E-state index in [4.69, 9.17) is 0 Å². The summed E-state index contributed by atoms with van der Waals surface area (Å²) in [6.45, 7) is 0.262. The summed E-state index contributed by atoms with van der Waals surface area (Å²) in [6, 6.07) is 3.19. The second-order valence-corrected chi connectivity index (χ2v) is 10.7. The average Bonchev–Trinajstić information content (AvgIpc) is 2.88. The molecular formula is C14H24N2O4S3. The van der Waals surface area contributed by atoms with Crippen LogP contribution in [0.3, 0.4) is 0 Å². The Morgan fingerprint density at radius 2 is 1.83 bits per heavy atom. The van der Waals surface area contributed by atoms with Crippen LogP contribution in [-0.2, 0) is 20.0 Å². The van der Waals surface area contributed by atoms with E-state index in [1.165, 1.54) is 16.6 Å². The van der Waals surface area contributed by atoms with Crippen LogP contribution in [0.25, 0.3) is 0 Å². The molecule has 1 fully saturated rings. The van der Waals surface area contributed by atoms with Gasteiger partial charge in [0.2, 0.25) is 20.0 Å². The highest BCUT2D eigenvalue weighted by atomic mass is 32.2. The van der Waals surface area contributed by atoms with E-state index in [9.17, 15) is 16.8 Å². The summed E-state index contributed by atoms with van der Waals surface area (Å²) >= 11 is 1.14. The molecule has 1 aliphatic carbocycles. The summed E-state index contributed by atoms with van der Waals surface area (Å²) in [6.07, 6.45) is 7.23. The van der Waals surface area contributed by atoms with Gasteiger partial charge in [0, 0.05) is 19.1 Å². The molecule has 9 heteroatoms. The highest BCUT2D eigenvalue weighted by Gasteiger charge is 2.27. The quantitative estimate of drug-likeness (QED) is 0.734. The Balaban J connectivity index is 1.99. The van der Waals surface area contributed by atoms with Crippen molar-refractivity contribution in [3.63, 3.8) is 0 Å². The number of nitrogens with one attached hydrogen (secondary N) is 1. The molecule has 0 aromatic carbocycles. The van der Waals surface area contributed by atoms with Crippen molar-refractivity contribution < 1.29 is 16.8 Å². The van der Waals surface area contributed by atoms with Crippen LogP contribution in [0.2, 0.25) is 0 Å². The number of hydrogen-bond donors (Lipinski definition) is 1. The molecular weight excluding hydrogens is 356 g/mol. The minimum absolute atomic E-state index is 0.0151. The van der Waals surface area contributed by atoms with Crippen LogP contribution in [0, 0.1) is 0 Å². The van der Waals surface area contributed by atoms with E-state index in [0.717, 1.165) is 49.9 Å². The van der Waals surface area contributed by atoms with Gasteiger partial charge in [-0.1, -0.05) is 31.7 Å². The fourth-order valence-corrected chi connectivity index (χ4v) is 6.18. The first kappa shape index (κ1) is 18.9. The largest absolute Gasteiger partial charge is 0.250 e. The molecule has 0 atom stereocenters. The van der Waals surface area contributed by atoms with E-state index in [1.54, 1.807) is 11.4 Å². The van der Waals surface area contributed by atoms with E-state index in [0.29, 0.717) is 0 Å². The lowest BCUT2D eigenvalue weighted by Crippen LogP contribution is -2.44. The van der Waals surface area contributed by atoms with Gasteiger partial charge in [-0.15, -0.1) is 11.3 Å². The lowest BCUT2D eigenvalue weighted by Gasteiger charge is -2.28. The molecule has 0 bridgehead atoms. The van der Waals surface area contributed by atoms with Gasteiger partial charge in [-0.2, -0.15) is 4.31 Å². The fraction of sp³-hybridized carbons (Fsp3) is 0.714. The molecule has 0 radical (unpaired) electrons. The Kier molecular flexibility index (Phi) is 6.61. The molecule has 0 spiro atoms. The van der Waals surface area contributed by atoms with Crippen LogP contribution >= 0.6 is 11.3 Å². The highest BCUT2D eigenvalue weighted by molar-refractivity contribution is 7.91. The number of thiophene rings is 1. The molecule has 23 heavy (non-hydrogen) atoms. The molecule has 1 N–H and O–H groups in total. The first-order valence-electron chi connectivity index (χ1n) is 7.81. The Labute approximate surface area is 143 Å². The molecule has 1 aromatic rings. The Morgan fingerprint density at radius 1 is 1.17 bits per heavy atom. The SMILES string of the molecule is CS(=O)(=O)N(CCNS(=O)(=O)c1cccs1)C1CCCCCC1. The third-order valence-electron chi connectivity index (χ3n) is 4.04. The van der Waals surface area contributed by atoms with Crippen molar-refractivity contribution >= 4 is 31.4 Å². The zero-order chi connectivity index (χ0) is 16.9. The lowest BCUT2D eigenvalue weighted by molar-refractivity contribution is 0.297. The second kappa shape index (κ2) is 8.06. The lowest BCUT2D eigenvalue weighted by atomic mass is 10.1. The maximum Gasteiger partial charge on any atom is 0.250 e. The van der Waals surface area contributed by atoms with Crippen molar-refractivity contribution in [1.82, 2.24) is 9.03 Å². The highest BCUT2D eigenvalue weighted by Crippen LogP contribution is 2.23. The monoisotopic (exact) mass is 380 g/mol. The predicted molar refractivity (Wildman–Crippen MR) is 92.5 cm³/mol. The first-order valence-corrected chi connectivity index (χ1v) is 12.0. The van der Waals surface area contributed by atoms with Gasteiger partial charge >= 0.3 is 0 Å². The summed E-state index contributed by atoms with van der Waals surface area (Å²) < 4.78 is 52.5. The molecule has 1 heterocycles. The van der Waals surface area contributed by atoms with E-state index in [1.807, 2.05) is 0 Å².